The van der Waals surface area contributed by atoms with Crippen molar-refractivity contribution in [2.45, 2.75) is 104 Å². The maximum Gasteiger partial charge on any atom is 0.262 e. The van der Waals surface area contributed by atoms with Crippen LogP contribution in [0.5, 0.6) is 11.5 Å². The number of anilines is 1. The van der Waals surface area contributed by atoms with E-state index in [9.17, 15) is 9.59 Å². The van der Waals surface area contributed by atoms with Gasteiger partial charge in [0, 0.05) is 18.2 Å². The predicted molar refractivity (Wildman–Crippen MR) is 172 cm³/mol. The molecule has 0 saturated heterocycles. The minimum absolute atomic E-state index is 0. The molecule has 0 aliphatic rings. The Balaban J connectivity index is 0.00000645. The molecule has 3 aromatic rings. The molecule has 0 atom stereocenters. The van der Waals surface area contributed by atoms with E-state index in [-0.39, 0.29) is 35.3 Å². The highest BCUT2D eigenvalue weighted by atomic mass is 79.9. The number of para-hydroxylation sites is 1. The third kappa shape index (κ3) is 13.6. The van der Waals surface area contributed by atoms with Crippen molar-refractivity contribution < 1.29 is 40.6 Å². The van der Waals surface area contributed by atoms with Gasteiger partial charge in [0.1, 0.15) is 0 Å². The number of rotatable bonds is 21. The van der Waals surface area contributed by atoms with Crippen molar-refractivity contribution in [3.8, 4) is 11.5 Å². The van der Waals surface area contributed by atoms with Crippen molar-refractivity contribution in [1.29, 1.82) is 0 Å². The first-order valence-electron chi connectivity index (χ1n) is 15.7. The van der Waals surface area contributed by atoms with Gasteiger partial charge in [-0.15, -0.1) is 0 Å². The van der Waals surface area contributed by atoms with Crippen LogP contribution < -0.4 is 36.3 Å². The van der Waals surface area contributed by atoms with Gasteiger partial charge in [0.25, 0.3) is 5.91 Å². The highest BCUT2D eigenvalue weighted by Crippen LogP contribution is 2.32. The number of halogens is 1. The van der Waals surface area contributed by atoms with Crippen LogP contribution in [0.2, 0.25) is 0 Å². The number of Topliss-reactive ketones (excluding diaryl/α,β-unsaturated/α-hetero) is 1. The lowest BCUT2D eigenvalue weighted by Crippen LogP contribution is -3.00. The van der Waals surface area contributed by atoms with Crippen LogP contribution in [-0.2, 0) is 11.3 Å². The number of carbonyl (C=O) groups excluding carboxylic acids is 2. The number of unbranched alkanes of at least 4 members (excludes halogenated alkanes) is 11. The van der Waals surface area contributed by atoms with E-state index in [1.807, 2.05) is 24.3 Å². The third-order valence-corrected chi connectivity index (χ3v) is 8.26. The van der Waals surface area contributed by atoms with E-state index in [2.05, 4.69) is 34.6 Å². The summed E-state index contributed by atoms with van der Waals surface area (Å²) in [4.78, 5) is 25.0. The zero-order valence-electron chi connectivity index (χ0n) is 26.2. The second kappa shape index (κ2) is 21.1. The number of ether oxygens (including phenoxy) is 2. The molecule has 0 aliphatic carbocycles. The summed E-state index contributed by atoms with van der Waals surface area (Å²) in [7, 11) is 0. The number of amides is 1. The molecule has 1 heterocycles. The zero-order chi connectivity index (χ0) is 30.0. The number of aromatic nitrogens is 1. The van der Waals surface area contributed by atoms with Crippen LogP contribution >= 0.6 is 11.3 Å². The summed E-state index contributed by atoms with van der Waals surface area (Å²) in [6.45, 7) is 6.93. The molecular formula is C35H49BrN2O4S. The number of hydrogen-bond donors (Lipinski definition) is 1. The lowest BCUT2D eigenvalue weighted by molar-refractivity contribution is -0.689. The smallest absolute Gasteiger partial charge is 0.262 e. The minimum Gasteiger partial charge on any atom is -1.00 e. The third-order valence-electron chi connectivity index (χ3n) is 7.40. The summed E-state index contributed by atoms with van der Waals surface area (Å²) in [5.74, 6) is 0.470. The van der Waals surface area contributed by atoms with E-state index in [1.54, 1.807) is 29.5 Å². The SMILES string of the molecule is CCCCCCCCCCCCCCOc1c(OCC(=O)Nc2cccc(C[n+]3cscc3C)c2)cccc1C(C)=O.[Br-]. The first-order valence-corrected chi connectivity index (χ1v) is 16.6. The molecule has 6 nitrogen and oxygen atoms in total. The van der Waals surface area contributed by atoms with Crippen molar-refractivity contribution in [2.75, 3.05) is 18.5 Å². The van der Waals surface area contributed by atoms with Gasteiger partial charge in [-0.1, -0.05) is 107 Å². The minimum atomic E-state index is -0.272. The molecule has 0 aliphatic heterocycles. The van der Waals surface area contributed by atoms with Crippen LogP contribution in [0.15, 0.2) is 53.4 Å². The number of nitrogens with zero attached hydrogens (tertiary/aromatic N) is 1. The molecular weight excluding hydrogens is 624 g/mol. The molecule has 2 aromatic carbocycles. The average molecular weight is 674 g/mol. The molecule has 0 radical (unpaired) electrons. The van der Waals surface area contributed by atoms with Gasteiger partial charge in [-0.3, -0.25) is 9.59 Å². The van der Waals surface area contributed by atoms with Gasteiger partial charge in [-0.25, -0.2) is 0 Å². The van der Waals surface area contributed by atoms with Crippen LogP contribution in [0.3, 0.4) is 0 Å². The van der Waals surface area contributed by atoms with E-state index in [4.69, 9.17) is 9.47 Å². The number of nitrogens with one attached hydrogen (secondary N) is 1. The largest absolute Gasteiger partial charge is 1.00 e. The zero-order valence-corrected chi connectivity index (χ0v) is 28.6. The second-order valence-corrected chi connectivity index (χ2v) is 11.8. The van der Waals surface area contributed by atoms with Crippen molar-refractivity contribution in [3.05, 3.63) is 70.2 Å². The van der Waals surface area contributed by atoms with Crippen molar-refractivity contribution in [2.24, 2.45) is 0 Å². The quantitative estimate of drug-likeness (QED) is 0.0896. The fourth-order valence-corrected chi connectivity index (χ4v) is 5.75. The normalized spacial score (nSPS) is 10.7. The van der Waals surface area contributed by atoms with E-state index in [1.165, 1.54) is 76.8 Å². The summed E-state index contributed by atoms with van der Waals surface area (Å²) >= 11 is 1.67. The summed E-state index contributed by atoms with van der Waals surface area (Å²) < 4.78 is 14.1. The summed E-state index contributed by atoms with van der Waals surface area (Å²) in [6.07, 6.45) is 15.3. The van der Waals surface area contributed by atoms with E-state index >= 15 is 0 Å². The lowest BCUT2D eigenvalue weighted by Gasteiger charge is -2.15. The Labute approximate surface area is 273 Å². The molecule has 43 heavy (non-hydrogen) atoms. The predicted octanol–water partition coefficient (Wildman–Crippen LogP) is 5.70. The summed E-state index contributed by atoms with van der Waals surface area (Å²) in [5.41, 5.74) is 5.58. The molecule has 1 amide bonds. The number of thiazole rings is 1. The Morgan fingerprint density at radius 2 is 1.51 bits per heavy atom. The Morgan fingerprint density at radius 3 is 2.14 bits per heavy atom. The standard InChI is InChI=1S/C35H48N2O4S.BrH/c1-4-5-6-7-8-9-10-11-12-13-14-15-22-40-35-32(29(3)38)20-17-21-33(35)41-25-34(39)36-31-19-16-18-30(23-31)24-37-27-42-26-28(37)2;/h16-21,23,26-27H,4-15,22,24-25H2,1-3H3;1H. The number of hydrogen-bond acceptors (Lipinski definition) is 5. The molecule has 1 aromatic heterocycles. The first kappa shape index (κ1) is 36.5. The average Bonchev–Trinajstić information content (AvgIpc) is 3.38. The lowest BCUT2D eigenvalue weighted by atomic mass is 10.1. The van der Waals surface area contributed by atoms with Gasteiger partial charge < -0.3 is 31.8 Å². The number of aryl methyl sites for hydroxylation is 1. The highest BCUT2D eigenvalue weighted by Gasteiger charge is 2.16. The first-order chi connectivity index (χ1) is 20.5. The van der Waals surface area contributed by atoms with Crippen molar-refractivity contribution in [3.63, 3.8) is 0 Å². The Bertz CT molecular complexity index is 1250. The van der Waals surface area contributed by atoms with Gasteiger partial charge in [0.15, 0.2) is 36.1 Å². The fourth-order valence-electron chi connectivity index (χ4n) is 4.97. The number of benzene rings is 2. The van der Waals surface area contributed by atoms with Gasteiger partial charge in [-0.05, 0) is 37.6 Å². The number of carbonyl (C=O) groups is 2. The topological polar surface area (TPSA) is 68.5 Å². The van der Waals surface area contributed by atoms with Crippen LogP contribution in [0.25, 0.3) is 0 Å². The monoisotopic (exact) mass is 672 g/mol. The molecule has 8 heteroatoms. The van der Waals surface area contributed by atoms with E-state index in [0.717, 1.165) is 30.6 Å². The Hall–Kier alpha value is -2.71. The van der Waals surface area contributed by atoms with Crippen LogP contribution in [0.4, 0.5) is 5.69 Å². The molecule has 0 bridgehead atoms. The number of ketones is 1. The van der Waals surface area contributed by atoms with Crippen molar-refractivity contribution in [1.82, 2.24) is 0 Å². The highest BCUT2D eigenvalue weighted by molar-refractivity contribution is 7.07. The van der Waals surface area contributed by atoms with Crippen LogP contribution in [0, 0.1) is 6.92 Å². The molecule has 0 saturated carbocycles. The molecule has 0 spiro atoms. The Kier molecular flexibility index (Phi) is 17.9. The van der Waals surface area contributed by atoms with Gasteiger partial charge >= 0.3 is 0 Å². The van der Waals surface area contributed by atoms with Gasteiger partial charge in [0.05, 0.1) is 17.6 Å². The van der Waals surface area contributed by atoms with E-state index < -0.39 is 0 Å². The fraction of sp³-hybridized carbons (Fsp3) is 0.514. The maximum atomic E-state index is 12.7. The Morgan fingerprint density at radius 1 is 0.860 bits per heavy atom. The summed E-state index contributed by atoms with van der Waals surface area (Å²) in [6, 6.07) is 13.1. The van der Waals surface area contributed by atoms with E-state index in [0.29, 0.717) is 23.7 Å². The molecule has 3 rings (SSSR count). The van der Waals surface area contributed by atoms with Gasteiger partial charge in [0.2, 0.25) is 5.51 Å². The molecule has 0 fully saturated rings. The second-order valence-electron chi connectivity index (χ2n) is 11.1. The molecule has 0 unspecified atom stereocenters. The maximum absolute atomic E-state index is 12.7. The summed E-state index contributed by atoms with van der Waals surface area (Å²) in [5, 5.41) is 5.03. The van der Waals surface area contributed by atoms with Gasteiger partial charge in [-0.2, -0.15) is 4.57 Å². The van der Waals surface area contributed by atoms with Crippen molar-refractivity contribution >= 4 is 28.7 Å². The molecule has 1 N–H and O–H groups in total. The molecule has 236 valence electrons. The van der Waals surface area contributed by atoms with Crippen LogP contribution in [-0.4, -0.2) is 24.9 Å². The van der Waals surface area contributed by atoms with Crippen LogP contribution in [0.1, 0.15) is 113 Å².